The Kier molecular flexibility index (Phi) is 5.74. The van der Waals surface area contributed by atoms with Crippen LogP contribution in [0.2, 0.25) is 0 Å². The number of aromatic nitrogens is 4. The third-order valence-corrected chi connectivity index (χ3v) is 8.15. The monoisotopic (exact) mass is 472 g/mol. The van der Waals surface area contributed by atoms with E-state index >= 15 is 0 Å². The predicted molar refractivity (Wildman–Crippen MR) is 135 cm³/mol. The summed E-state index contributed by atoms with van der Waals surface area (Å²) >= 11 is 1.72. The molecule has 4 aromatic rings. The van der Waals surface area contributed by atoms with E-state index in [0.29, 0.717) is 11.8 Å². The molecule has 0 saturated carbocycles. The average Bonchev–Trinajstić information content (AvgIpc) is 3.57. The van der Waals surface area contributed by atoms with Crippen LogP contribution >= 0.6 is 11.3 Å². The van der Waals surface area contributed by atoms with Crippen LogP contribution in [-0.2, 0) is 4.79 Å². The summed E-state index contributed by atoms with van der Waals surface area (Å²) in [7, 11) is 0. The van der Waals surface area contributed by atoms with Crippen molar-refractivity contribution < 1.29 is 4.79 Å². The van der Waals surface area contributed by atoms with E-state index in [1.807, 2.05) is 36.4 Å². The Balaban J connectivity index is 1.07. The molecule has 1 N–H and O–H groups in total. The van der Waals surface area contributed by atoms with Gasteiger partial charge in [-0.1, -0.05) is 53.8 Å². The SMILES string of the molecule is O=C(C1CCCN(c2nc3ccccc3s2)C1)N1CCC(c2nc(-c3ccccc3)n[nH]2)CC1. The maximum atomic E-state index is 13.4. The third kappa shape index (κ3) is 4.18. The minimum Gasteiger partial charge on any atom is -0.347 e. The van der Waals surface area contributed by atoms with Crippen molar-refractivity contribution in [3.8, 4) is 11.4 Å². The highest BCUT2D eigenvalue weighted by Gasteiger charge is 2.33. The Labute approximate surface area is 202 Å². The van der Waals surface area contributed by atoms with Crippen LogP contribution < -0.4 is 4.90 Å². The number of thiazole rings is 1. The van der Waals surface area contributed by atoms with Crippen molar-refractivity contribution >= 4 is 32.6 Å². The molecule has 0 aliphatic carbocycles. The van der Waals surface area contributed by atoms with E-state index < -0.39 is 0 Å². The number of anilines is 1. The number of piperidine rings is 2. The first-order chi connectivity index (χ1) is 16.7. The predicted octanol–water partition coefficient (Wildman–Crippen LogP) is 4.70. The smallest absolute Gasteiger partial charge is 0.227 e. The van der Waals surface area contributed by atoms with Gasteiger partial charge in [0.2, 0.25) is 5.91 Å². The van der Waals surface area contributed by atoms with E-state index in [-0.39, 0.29) is 5.92 Å². The van der Waals surface area contributed by atoms with Crippen LogP contribution in [0, 0.1) is 5.92 Å². The molecule has 2 fully saturated rings. The second-order valence-corrected chi connectivity index (χ2v) is 10.3. The normalized spacial score (nSPS) is 19.6. The fourth-order valence-electron chi connectivity index (χ4n) is 5.15. The van der Waals surface area contributed by atoms with Gasteiger partial charge in [0, 0.05) is 37.7 Å². The minimum atomic E-state index is 0.0484. The third-order valence-electron chi connectivity index (χ3n) is 7.05. The number of rotatable bonds is 4. The van der Waals surface area contributed by atoms with Crippen molar-refractivity contribution in [3.63, 3.8) is 0 Å². The molecule has 2 aromatic carbocycles. The summed E-state index contributed by atoms with van der Waals surface area (Å²) in [6.07, 6.45) is 3.83. The van der Waals surface area contributed by atoms with Crippen LogP contribution in [0.3, 0.4) is 0 Å². The van der Waals surface area contributed by atoms with E-state index in [0.717, 1.165) is 79.7 Å². The van der Waals surface area contributed by atoms with Gasteiger partial charge in [0.15, 0.2) is 11.0 Å². The van der Waals surface area contributed by atoms with Gasteiger partial charge in [-0.05, 0) is 37.8 Å². The molecule has 0 radical (unpaired) electrons. The van der Waals surface area contributed by atoms with Crippen molar-refractivity contribution in [3.05, 3.63) is 60.4 Å². The average molecular weight is 473 g/mol. The van der Waals surface area contributed by atoms with Gasteiger partial charge in [-0.25, -0.2) is 9.97 Å². The number of hydrogen-bond donors (Lipinski definition) is 1. The standard InChI is InChI=1S/C26H28N6OS/c33-25(20-9-6-14-32(17-20)26-27-21-10-4-5-11-22(21)34-26)31-15-12-19(13-16-31)24-28-23(29-30-24)18-7-2-1-3-8-18/h1-5,7-8,10-11,19-20H,6,9,12-17H2,(H,28,29,30). The summed E-state index contributed by atoms with van der Waals surface area (Å²) in [6, 6.07) is 18.3. The van der Waals surface area contributed by atoms with Crippen LogP contribution in [-0.4, -0.2) is 57.2 Å². The summed E-state index contributed by atoms with van der Waals surface area (Å²) in [5.74, 6) is 2.34. The van der Waals surface area contributed by atoms with Gasteiger partial charge in [-0.3, -0.25) is 9.89 Å². The quantitative estimate of drug-likeness (QED) is 0.466. The van der Waals surface area contributed by atoms with Crippen LogP contribution in [0.1, 0.15) is 37.4 Å². The zero-order valence-electron chi connectivity index (χ0n) is 19.1. The summed E-state index contributed by atoms with van der Waals surface area (Å²) < 4.78 is 1.20. The summed E-state index contributed by atoms with van der Waals surface area (Å²) in [5.41, 5.74) is 2.06. The highest BCUT2D eigenvalue weighted by molar-refractivity contribution is 7.22. The zero-order chi connectivity index (χ0) is 22.9. The number of H-pyrrole nitrogens is 1. The van der Waals surface area contributed by atoms with E-state index in [2.05, 4.69) is 38.2 Å². The lowest BCUT2D eigenvalue weighted by Gasteiger charge is -2.37. The maximum absolute atomic E-state index is 13.4. The highest BCUT2D eigenvalue weighted by atomic mass is 32.1. The number of para-hydroxylation sites is 1. The van der Waals surface area contributed by atoms with Gasteiger partial charge in [-0.2, -0.15) is 5.10 Å². The van der Waals surface area contributed by atoms with Gasteiger partial charge in [-0.15, -0.1) is 0 Å². The fourth-order valence-corrected chi connectivity index (χ4v) is 6.15. The van der Waals surface area contributed by atoms with Gasteiger partial charge < -0.3 is 9.80 Å². The van der Waals surface area contributed by atoms with Gasteiger partial charge in [0.05, 0.1) is 16.1 Å². The number of hydrogen-bond acceptors (Lipinski definition) is 6. The first-order valence-corrected chi connectivity index (χ1v) is 12.9. The molecule has 8 heteroatoms. The van der Waals surface area contributed by atoms with Gasteiger partial charge >= 0.3 is 0 Å². The molecule has 1 amide bonds. The first-order valence-electron chi connectivity index (χ1n) is 12.1. The number of nitrogens with zero attached hydrogens (tertiary/aromatic N) is 5. The molecule has 34 heavy (non-hydrogen) atoms. The van der Waals surface area contributed by atoms with E-state index in [9.17, 15) is 4.79 Å². The maximum Gasteiger partial charge on any atom is 0.227 e. The van der Waals surface area contributed by atoms with Crippen LogP contribution in [0.15, 0.2) is 54.6 Å². The van der Waals surface area contributed by atoms with Crippen molar-refractivity contribution in [2.75, 3.05) is 31.1 Å². The van der Waals surface area contributed by atoms with Crippen molar-refractivity contribution in [1.29, 1.82) is 0 Å². The van der Waals surface area contributed by atoms with Crippen molar-refractivity contribution in [1.82, 2.24) is 25.1 Å². The van der Waals surface area contributed by atoms with Crippen molar-refractivity contribution in [2.45, 2.75) is 31.6 Å². The molecule has 1 unspecified atom stereocenters. The number of carbonyl (C=O) groups excluding carboxylic acids is 1. The highest BCUT2D eigenvalue weighted by Crippen LogP contribution is 2.33. The Hall–Kier alpha value is -3.26. The fraction of sp³-hybridized carbons (Fsp3) is 0.385. The topological polar surface area (TPSA) is 78.0 Å². The number of amides is 1. The summed E-state index contributed by atoms with van der Waals surface area (Å²) in [5, 5.41) is 8.59. The van der Waals surface area contributed by atoms with Gasteiger partial charge in [0.25, 0.3) is 0 Å². The minimum absolute atomic E-state index is 0.0484. The first kappa shape index (κ1) is 21.3. The second kappa shape index (κ2) is 9.18. The molecule has 0 spiro atoms. The number of nitrogens with one attached hydrogen (secondary N) is 1. The Morgan fingerprint density at radius 1 is 0.941 bits per heavy atom. The molecule has 0 bridgehead atoms. The molecule has 4 heterocycles. The number of benzene rings is 2. The largest absolute Gasteiger partial charge is 0.347 e. The summed E-state index contributed by atoms with van der Waals surface area (Å²) in [4.78, 5) is 27.3. The van der Waals surface area contributed by atoms with E-state index in [4.69, 9.17) is 9.97 Å². The number of carbonyl (C=O) groups is 1. The molecule has 2 saturated heterocycles. The molecular formula is C26H28N6OS. The van der Waals surface area contributed by atoms with Gasteiger partial charge in [0.1, 0.15) is 5.82 Å². The Morgan fingerprint density at radius 3 is 2.56 bits per heavy atom. The van der Waals surface area contributed by atoms with Crippen LogP contribution in [0.5, 0.6) is 0 Å². The lowest BCUT2D eigenvalue weighted by Crippen LogP contribution is -2.47. The molecular weight excluding hydrogens is 444 g/mol. The molecule has 1 atom stereocenters. The van der Waals surface area contributed by atoms with Crippen LogP contribution in [0.4, 0.5) is 5.13 Å². The lowest BCUT2D eigenvalue weighted by molar-refractivity contribution is -0.136. The number of aromatic amines is 1. The molecule has 6 rings (SSSR count). The molecule has 174 valence electrons. The molecule has 2 aliphatic rings. The molecule has 2 aliphatic heterocycles. The number of fused-ring (bicyclic) bond motifs is 1. The van der Waals surface area contributed by atoms with Crippen LogP contribution in [0.25, 0.3) is 21.6 Å². The second-order valence-electron chi connectivity index (χ2n) is 9.26. The lowest BCUT2D eigenvalue weighted by atomic mass is 9.92. The Morgan fingerprint density at radius 2 is 1.74 bits per heavy atom. The number of likely N-dealkylation sites (tertiary alicyclic amines) is 1. The molecule has 7 nitrogen and oxygen atoms in total. The van der Waals surface area contributed by atoms with Crippen molar-refractivity contribution in [2.24, 2.45) is 5.92 Å². The molecule has 2 aromatic heterocycles. The summed E-state index contributed by atoms with van der Waals surface area (Å²) in [6.45, 7) is 3.30. The van der Waals surface area contributed by atoms with E-state index in [1.165, 1.54) is 4.70 Å². The van der Waals surface area contributed by atoms with E-state index in [1.54, 1.807) is 11.3 Å². The Bertz CT molecular complexity index is 1240. The zero-order valence-corrected chi connectivity index (χ0v) is 19.9.